The number of nitrogens with one attached hydrogen (secondary N) is 1. The lowest BCUT2D eigenvalue weighted by atomic mass is 9.64. The summed E-state index contributed by atoms with van der Waals surface area (Å²) in [4.78, 5) is 0. The normalized spacial score (nSPS) is 24.1. The Morgan fingerprint density at radius 2 is 2.10 bits per heavy atom. The van der Waals surface area contributed by atoms with Gasteiger partial charge in [-0.25, -0.2) is 0 Å². The Balaban J connectivity index is 1.62. The van der Waals surface area contributed by atoms with Gasteiger partial charge in [0.05, 0.1) is 12.6 Å². The molecule has 2 unspecified atom stereocenters. The molecule has 0 spiro atoms. The Hall–Kier alpha value is -1.81. The van der Waals surface area contributed by atoms with Gasteiger partial charge in [-0.2, -0.15) is 5.10 Å². The quantitative estimate of drug-likeness (QED) is 0.898. The van der Waals surface area contributed by atoms with Gasteiger partial charge in [-0.3, -0.25) is 4.68 Å². The van der Waals surface area contributed by atoms with Crippen molar-refractivity contribution in [2.45, 2.75) is 39.0 Å². The van der Waals surface area contributed by atoms with Crippen molar-refractivity contribution in [3.63, 3.8) is 0 Å². The number of nitrogens with zero attached hydrogens (tertiary/aromatic N) is 2. The maximum absolute atomic E-state index is 9.76. The second-order valence-electron chi connectivity index (χ2n) is 6.17. The predicted molar refractivity (Wildman–Crippen MR) is 79.6 cm³/mol. The molecule has 2 N–H and O–H groups in total. The summed E-state index contributed by atoms with van der Waals surface area (Å²) >= 11 is 0. The molecule has 4 nitrogen and oxygen atoms in total. The molecule has 0 amide bonds. The molecule has 3 rings (SSSR count). The summed E-state index contributed by atoms with van der Waals surface area (Å²) in [6.45, 7) is 5.00. The van der Waals surface area contributed by atoms with Crippen LogP contribution in [-0.4, -0.2) is 27.0 Å². The molecule has 1 saturated carbocycles. The van der Waals surface area contributed by atoms with Crippen molar-refractivity contribution in [2.75, 3.05) is 5.32 Å². The first kappa shape index (κ1) is 13.2. The smallest absolute Gasteiger partial charge is 0.0659 e. The third-order valence-corrected chi connectivity index (χ3v) is 4.41. The average Bonchev–Trinajstić information content (AvgIpc) is 2.93. The predicted octanol–water partition coefficient (Wildman–Crippen LogP) is 2.50. The van der Waals surface area contributed by atoms with Crippen LogP contribution in [0.25, 0.3) is 0 Å². The molecule has 1 heterocycles. The van der Waals surface area contributed by atoms with Crippen LogP contribution in [0.2, 0.25) is 0 Å². The molecule has 2 atom stereocenters. The molecule has 106 valence electrons. The first-order valence-electron chi connectivity index (χ1n) is 7.06. The van der Waals surface area contributed by atoms with Crippen LogP contribution >= 0.6 is 0 Å². The molecule has 0 radical (unpaired) electrons. The zero-order valence-corrected chi connectivity index (χ0v) is 12.0. The van der Waals surface area contributed by atoms with E-state index in [0.29, 0.717) is 6.04 Å². The van der Waals surface area contributed by atoms with Crippen LogP contribution < -0.4 is 5.32 Å². The Morgan fingerprint density at radius 1 is 1.35 bits per heavy atom. The fourth-order valence-corrected chi connectivity index (χ4v) is 2.64. The minimum absolute atomic E-state index is 0.0479. The maximum Gasteiger partial charge on any atom is 0.0659 e. The number of hydrogen-bond acceptors (Lipinski definition) is 3. The van der Waals surface area contributed by atoms with E-state index in [9.17, 15) is 5.11 Å². The number of anilines is 1. The standard InChI is InChI=1S/C16H21N3O/c1-16(2)14(10-15(16)20)18-13-6-4-12(5-7-13)11-19-9-3-8-17-19/h3-9,14-15,18,20H,10-11H2,1-2H3. The summed E-state index contributed by atoms with van der Waals surface area (Å²) < 4.78 is 1.91. The Kier molecular flexibility index (Phi) is 3.26. The molecule has 1 aliphatic rings. The van der Waals surface area contributed by atoms with Gasteiger partial charge >= 0.3 is 0 Å². The highest BCUT2D eigenvalue weighted by atomic mass is 16.3. The highest BCUT2D eigenvalue weighted by Gasteiger charge is 2.47. The first-order chi connectivity index (χ1) is 9.55. The van der Waals surface area contributed by atoms with E-state index in [4.69, 9.17) is 0 Å². The number of aliphatic hydroxyl groups excluding tert-OH is 1. The number of rotatable bonds is 4. The van der Waals surface area contributed by atoms with Crippen LogP contribution in [-0.2, 0) is 6.54 Å². The van der Waals surface area contributed by atoms with Gasteiger partial charge in [0.1, 0.15) is 0 Å². The van der Waals surface area contributed by atoms with Crippen molar-refractivity contribution in [3.8, 4) is 0 Å². The van der Waals surface area contributed by atoms with Gasteiger partial charge in [0.2, 0.25) is 0 Å². The highest BCUT2D eigenvalue weighted by Crippen LogP contribution is 2.42. The van der Waals surface area contributed by atoms with E-state index in [0.717, 1.165) is 18.7 Å². The van der Waals surface area contributed by atoms with E-state index >= 15 is 0 Å². The maximum atomic E-state index is 9.76. The lowest BCUT2D eigenvalue weighted by Gasteiger charge is -2.49. The van der Waals surface area contributed by atoms with Crippen LogP contribution in [0.3, 0.4) is 0 Å². The van der Waals surface area contributed by atoms with Crippen LogP contribution in [0.1, 0.15) is 25.8 Å². The Labute approximate surface area is 119 Å². The van der Waals surface area contributed by atoms with E-state index in [1.54, 1.807) is 6.20 Å². The summed E-state index contributed by atoms with van der Waals surface area (Å²) in [5.74, 6) is 0. The summed E-state index contributed by atoms with van der Waals surface area (Å²) in [5.41, 5.74) is 2.29. The van der Waals surface area contributed by atoms with Gasteiger partial charge in [-0.05, 0) is 30.2 Å². The van der Waals surface area contributed by atoms with Gasteiger partial charge in [0, 0.05) is 29.5 Å². The van der Waals surface area contributed by atoms with Crippen molar-refractivity contribution < 1.29 is 5.11 Å². The van der Waals surface area contributed by atoms with Gasteiger partial charge in [0.25, 0.3) is 0 Å². The van der Waals surface area contributed by atoms with Crippen molar-refractivity contribution >= 4 is 5.69 Å². The number of aromatic nitrogens is 2. The van der Waals surface area contributed by atoms with Crippen molar-refractivity contribution in [1.82, 2.24) is 9.78 Å². The third-order valence-electron chi connectivity index (χ3n) is 4.41. The van der Waals surface area contributed by atoms with Crippen LogP contribution in [0.15, 0.2) is 42.7 Å². The molecule has 0 aliphatic heterocycles. The van der Waals surface area contributed by atoms with Crippen molar-refractivity contribution in [3.05, 3.63) is 48.3 Å². The molecule has 1 aromatic carbocycles. The van der Waals surface area contributed by atoms with Crippen LogP contribution in [0.5, 0.6) is 0 Å². The van der Waals surface area contributed by atoms with Crippen LogP contribution in [0, 0.1) is 5.41 Å². The first-order valence-corrected chi connectivity index (χ1v) is 7.06. The lowest BCUT2D eigenvalue weighted by molar-refractivity contribution is -0.0510. The summed E-state index contributed by atoms with van der Waals surface area (Å²) in [7, 11) is 0. The van der Waals surface area contributed by atoms with Gasteiger partial charge in [0.15, 0.2) is 0 Å². The summed E-state index contributed by atoms with van der Waals surface area (Å²) in [6.07, 6.45) is 4.38. The van der Waals surface area contributed by atoms with Crippen LogP contribution in [0.4, 0.5) is 5.69 Å². The fraction of sp³-hybridized carbons (Fsp3) is 0.438. The van der Waals surface area contributed by atoms with Gasteiger partial charge in [-0.15, -0.1) is 0 Å². The number of hydrogen-bond donors (Lipinski definition) is 2. The largest absolute Gasteiger partial charge is 0.392 e. The molecule has 20 heavy (non-hydrogen) atoms. The zero-order valence-electron chi connectivity index (χ0n) is 12.0. The molecule has 1 aliphatic carbocycles. The van der Waals surface area contributed by atoms with E-state index < -0.39 is 0 Å². The molecule has 2 aromatic rings. The molecule has 4 heteroatoms. The molecular formula is C16H21N3O. The van der Waals surface area contributed by atoms with Crippen molar-refractivity contribution in [1.29, 1.82) is 0 Å². The molecule has 0 saturated heterocycles. The van der Waals surface area contributed by atoms with Gasteiger partial charge < -0.3 is 10.4 Å². The third kappa shape index (κ3) is 2.43. The lowest BCUT2D eigenvalue weighted by Crippen LogP contribution is -2.56. The minimum atomic E-state index is -0.195. The Bertz CT molecular complexity index is 560. The molecular weight excluding hydrogens is 250 g/mol. The Morgan fingerprint density at radius 3 is 2.65 bits per heavy atom. The molecule has 0 bridgehead atoms. The van der Waals surface area contributed by atoms with E-state index in [-0.39, 0.29) is 11.5 Å². The minimum Gasteiger partial charge on any atom is -0.392 e. The fourth-order valence-electron chi connectivity index (χ4n) is 2.64. The van der Waals surface area contributed by atoms with E-state index in [1.165, 1.54) is 5.56 Å². The SMILES string of the molecule is CC1(C)C(O)CC1Nc1ccc(Cn2cccn2)cc1. The molecule has 1 fully saturated rings. The zero-order chi connectivity index (χ0) is 14.2. The summed E-state index contributed by atoms with van der Waals surface area (Å²) in [5, 5.41) is 17.5. The summed E-state index contributed by atoms with van der Waals surface area (Å²) in [6, 6.07) is 10.7. The molecule has 1 aromatic heterocycles. The van der Waals surface area contributed by atoms with Gasteiger partial charge in [-0.1, -0.05) is 26.0 Å². The van der Waals surface area contributed by atoms with Crippen molar-refractivity contribution in [2.24, 2.45) is 5.41 Å². The number of benzene rings is 1. The monoisotopic (exact) mass is 271 g/mol. The topological polar surface area (TPSA) is 50.1 Å². The highest BCUT2D eigenvalue weighted by molar-refractivity contribution is 5.46. The van der Waals surface area contributed by atoms with E-state index in [1.807, 2.05) is 16.9 Å². The second-order valence-corrected chi connectivity index (χ2v) is 6.17. The second kappa shape index (κ2) is 4.94. The average molecular weight is 271 g/mol. The number of aliphatic hydroxyl groups is 1. The van der Waals surface area contributed by atoms with E-state index in [2.05, 4.69) is 48.5 Å².